The number of hydrogen-bond acceptors (Lipinski definition) is 5. The van der Waals surface area contributed by atoms with Crippen LogP contribution in [0.2, 0.25) is 5.02 Å². The predicted molar refractivity (Wildman–Crippen MR) is 99.2 cm³/mol. The largest absolute Gasteiger partial charge is 0.425 e. The smallest absolute Gasteiger partial charge is 0.342 e. The summed E-state index contributed by atoms with van der Waals surface area (Å²) in [5.74, 6) is -2.42. The Kier molecular flexibility index (Phi) is 4.69. The number of esters is 1. The molecule has 1 N–H and O–H groups in total. The van der Waals surface area contributed by atoms with Gasteiger partial charge in [-0.25, -0.2) is 13.2 Å². The number of ether oxygens (including phenoxy) is 1. The standard InChI is InChI=1S/C19H17ClO5S/c1-3-19(22)17(13-6-10-15(11-7-13)26(2,23)24)16(18(21)25-19)12-4-8-14(20)9-5-12/h4-11,22H,3H2,1-2H3. The molecule has 0 amide bonds. The average molecular weight is 393 g/mol. The summed E-state index contributed by atoms with van der Waals surface area (Å²) in [6, 6.07) is 12.6. The van der Waals surface area contributed by atoms with Gasteiger partial charge < -0.3 is 9.84 Å². The molecule has 1 aliphatic rings. The normalized spacial score (nSPS) is 20.4. The van der Waals surface area contributed by atoms with E-state index in [0.29, 0.717) is 21.7 Å². The Morgan fingerprint density at radius 1 is 1.04 bits per heavy atom. The first kappa shape index (κ1) is 18.6. The van der Waals surface area contributed by atoms with Gasteiger partial charge >= 0.3 is 5.97 Å². The SMILES string of the molecule is CCC1(O)OC(=O)C(c2ccc(Cl)cc2)=C1c1ccc(S(C)(=O)=O)cc1. The highest BCUT2D eigenvalue weighted by Gasteiger charge is 2.46. The van der Waals surface area contributed by atoms with E-state index in [1.54, 1.807) is 43.3 Å². The van der Waals surface area contributed by atoms with Crippen molar-refractivity contribution in [3.8, 4) is 0 Å². The zero-order valence-corrected chi connectivity index (χ0v) is 15.8. The Labute approximate surface area is 156 Å². The van der Waals surface area contributed by atoms with Gasteiger partial charge in [0.1, 0.15) is 0 Å². The highest BCUT2D eigenvalue weighted by Crippen LogP contribution is 2.44. The summed E-state index contributed by atoms with van der Waals surface area (Å²) in [4.78, 5) is 12.6. The fraction of sp³-hybridized carbons (Fsp3) is 0.211. The summed E-state index contributed by atoms with van der Waals surface area (Å²) in [5, 5.41) is 11.4. The zero-order chi connectivity index (χ0) is 19.1. The van der Waals surface area contributed by atoms with Crippen LogP contribution in [0.3, 0.4) is 0 Å². The van der Waals surface area contributed by atoms with Gasteiger partial charge in [-0.3, -0.25) is 0 Å². The fourth-order valence-corrected chi connectivity index (χ4v) is 3.68. The van der Waals surface area contributed by atoms with Crippen molar-refractivity contribution in [3.63, 3.8) is 0 Å². The molecule has 1 aliphatic heterocycles. The Morgan fingerprint density at radius 3 is 2.08 bits per heavy atom. The van der Waals surface area contributed by atoms with Crippen LogP contribution in [0.4, 0.5) is 0 Å². The zero-order valence-electron chi connectivity index (χ0n) is 14.2. The van der Waals surface area contributed by atoms with E-state index in [0.717, 1.165) is 6.26 Å². The molecule has 0 aromatic heterocycles. The van der Waals surface area contributed by atoms with Crippen LogP contribution in [-0.2, 0) is 19.4 Å². The van der Waals surface area contributed by atoms with Crippen LogP contribution in [0, 0.1) is 0 Å². The summed E-state index contributed by atoms with van der Waals surface area (Å²) < 4.78 is 28.6. The second kappa shape index (κ2) is 6.54. The Bertz CT molecular complexity index is 991. The first-order valence-corrected chi connectivity index (χ1v) is 10.2. The van der Waals surface area contributed by atoms with E-state index in [2.05, 4.69) is 0 Å². The minimum absolute atomic E-state index is 0.152. The van der Waals surface area contributed by atoms with Crippen molar-refractivity contribution in [1.82, 2.24) is 0 Å². The van der Waals surface area contributed by atoms with Gasteiger partial charge in [-0.1, -0.05) is 42.8 Å². The molecule has 136 valence electrons. The fourth-order valence-electron chi connectivity index (χ4n) is 2.92. The molecule has 2 aromatic rings. The number of hydrogen-bond donors (Lipinski definition) is 1. The first-order chi connectivity index (χ1) is 12.2. The second-order valence-electron chi connectivity index (χ2n) is 6.08. The molecular formula is C19H17ClO5S. The number of halogens is 1. The van der Waals surface area contributed by atoms with Gasteiger partial charge in [-0.05, 0) is 35.4 Å². The molecule has 5 nitrogen and oxygen atoms in total. The summed E-state index contributed by atoms with van der Waals surface area (Å²) in [5.41, 5.74) is 1.62. The van der Waals surface area contributed by atoms with Crippen LogP contribution in [0.15, 0.2) is 53.4 Å². The molecule has 26 heavy (non-hydrogen) atoms. The van der Waals surface area contributed by atoms with E-state index in [4.69, 9.17) is 16.3 Å². The Hall–Kier alpha value is -2.15. The third kappa shape index (κ3) is 3.28. The third-order valence-corrected chi connectivity index (χ3v) is 5.67. The monoisotopic (exact) mass is 392 g/mol. The van der Waals surface area contributed by atoms with Gasteiger partial charge in [0.05, 0.1) is 10.5 Å². The van der Waals surface area contributed by atoms with Crippen molar-refractivity contribution in [2.75, 3.05) is 6.26 Å². The van der Waals surface area contributed by atoms with E-state index >= 15 is 0 Å². The van der Waals surface area contributed by atoms with Crippen LogP contribution < -0.4 is 0 Å². The third-order valence-electron chi connectivity index (χ3n) is 4.29. The van der Waals surface area contributed by atoms with Gasteiger partial charge in [0.25, 0.3) is 0 Å². The van der Waals surface area contributed by atoms with E-state index in [-0.39, 0.29) is 16.9 Å². The lowest BCUT2D eigenvalue weighted by molar-refractivity contribution is -0.175. The summed E-state index contributed by atoms with van der Waals surface area (Å²) in [6.07, 6.45) is 1.27. The Morgan fingerprint density at radius 2 is 1.58 bits per heavy atom. The number of cyclic esters (lactones) is 1. The minimum Gasteiger partial charge on any atom is -0.425 e. The molecule has 1 unspecified atom stereocenters. The molecule has 0 bridgehead atoms. The number of carbonyl (C=O) groups is 1. The van der Waals surface area contributed by atoms with Crippen molar-refractivity contribution < 1.29 is 23.1 Å². The van der Waals surface area contributed by atoms with E-state index < -0.39 is 21.6 Å². The lowest BCUT2D eigenvalue weighted by Gasteiger charge is -2.23. The molecule has 0 saturated carbocycles. The van der Waals surface area contributed by atoms with E-state index in [1.807, 2.05) is 0 Å². The molecule has 0 spiro atoms. The van der Waals surface area contributed by atoms with Gasteiger partial charge in [-0.15, -0.1) is 0 Å². The summed E-state index contributed by atoms with van der Waals surface area (Å²) in [7, 11) is -3.35. The van der Waals surface area contributed by atoms with Crippen LogP contribution >= 0.6 is 11.6 Å². The summed E-state index contributed by atoms with van der Waals surface area (Å²) >= 11 is 5.91. The van der Waals surface area contributed by atoms with Crippen molar-refractivity contribution in [3.05, 3.63) is 64.7 Å². The van der Waals surface area contributed by atoms with Crippen molar-refractivity contribution in [1.29, 1.82) is 0 Å². The molecular weight excluding hydrogens is 376 g/mol. The van der Waals surface area contributed by atoms with Gasteiger partial charge in [0.15, 0.2) is 9.84 Å². The van der Waals surface area contributed by atoms with E-state index in [9.17, 15) is 18.3 Å². The number of sulfone groups is 1. The average Bonchev–Trinajstić information content (AvgIpc) is 2.86. The molecule has 0 aliphatic carbocycles. The maximum Gasteiger partial charge on any atom is 0.342 e. The Balaban J connectivity index is 2.22. The maximum atomic E-state index is 12.5. The van der Waals surface area contributed by atoms with Crippen LogP contribution in [0.5, 0.6) is 0 Å². The number of aliphatic hydroxyl groups is 1. The maximum absolute atomic E-state index is 12.5. The lowest BCUT2D eigenvalue weighted by Crippen LogP contribution is -2.29. The molecule has 7 heteroatoms. The molecule has 1 atom stereocenters. The van der Waals surface area contributed by atoms with Crippen molar-refractivity contribution >= 4 is 38.6 Å². The molecule has 0 fully saturated rings. The predicted octanol–water partition coefficient (Wildman–Crippen LogP) is 3.31. The quantitative estimate of drug-likeness (QED) is 0.807. The lowest BCUT2D eigenvalue weighted by atomic mass is 9.90. The van der Waals surface area contributed by atoms with Crippen molar-refractivity contribution in [2.24, 2.45) is 0 Å². The topological polar surface area (TPSA) is 80.7 Å². The van der Waals surface area contributed by atoms with E-state index in [1.165, 1.54) is 12.1 Å². The number of carbonyl (C=O) groups excluding carboxylic acids is 1. The van der Waals surface area contributed by atoms with Crippen LogP contribution in [-0.4, -0.2) is 31.5 Å². The van der Waals surface area contributed by atoms with Crippen molar-refractivity contribution in [2.45, 2.75) is 24.0 Å². The van der Waals surface area contributed by atoms with Crippen LogP contribution in [0.25, 0.3) is 11.1 Å². The summed E-state index contributed by atoms with van der Waals surface area (Å²) in [6.45, 7) is 1.70. The second-order valence-corrected chi connectivity index (χ2v) is 8.53. The minimum atomic E-state index is -3.35. The molecule has 0 radical (unpaired) electrons. The highest BCUT2D eigenvalue weighted by atomic mass is 35.5. The van der Waals surface area contributed by atoms with Gasteiger partial charge in [-0.2, -0.15) is 0 Å². The molecule has 3 rings (SSSR count). The van der Waals surface area contributed by atoms with Crippen LogP contribution in [0.1, 0.15) is 24.5 Å². The number of rotatable bonds is 4. The molecule has 2 aromatic carbocycles. The number of benzene rings is 2. The first-order valence-electron chi connectivity index (χ1n) is 7.92. The van der Waals surface area contributed by atoms with Gasteiger partial charge in [0, 0.05) is 23.3 Å². The highest BCUT2D eigenvalue weighted by molar-refractivity contribution is 7.90. The molecule has 1 heterocycles. The van der Waals surface area contributed by atoms with Gasteiger partial charge in [0.2, 0.25) is 5.79 Å². The molecule has 0 saturated heterocycles.